The number of rotatable bonds is 6. The van der Waals surface area contributed by atoms with Gasteiger partial charge < -0.3 is 13.9 Å². The van der Waals surface area contributed by atoms with E-state index >= 15 is 0 Å². The highest BCUT2D eigenvalue weighted by Crippen LogP contribution is 2.63. The molecule has 2 aromatic heterocycles. The van der Waals surface area contributed by atoms with Crippen LogP contribution in [0.25, 0.3) is 105 Å². The van der Waals surface area contributed by atoms with E-state index in [0.29, 0.717) is 0 Å². The first-order valence-electron chi connectivity index (χ1n) is 25.6. The van der Waals surface area contributed by atoms with Crippen molar-refractivity contribution in [1.82, 2.24) is 4.57 Å². The number of fused-ring (bicyclic) bond motifs is 18. The molecule has 0 radical (unpaired) electrons. The summed E-state index contributed by atoms with van der Waals surface area (Å²) in [6.45, 7) is 0. The first-order valence-corrected chi connectivity index (χ1v) is 25.6. The van der Waals surface area contributed by atoms with Gasteiger partial charge in [-0.15, -0.1) is 0 Å². The standard InChI is InChI=1S/C71H44N2O/c1-2-21-54-46(16-1)36-40-61-69-53(27-15-33-68(69)74-70(54)61)48-18-14-19-50(43-48)72(49-37-34-45(35-38-49)47-17-13-20-51(42-47)73-66-31-11-6-25-59(66)60-26-7-12-32-67(60)73)52-39-41-58-57-24-5-10-30-64(57)71(65(58)44-52)62-28-8-3-22-55(62)56-23-4-9-29-63(56)71/h1-44H. The fourth-order valence-electron chi connectivity index (χ4n) is 13.1. The molecule has 0 saturated heterocycles. The molecule has 0 atom stereocenters. The molecule has 12 aromatic carbocycles. The fourth-order valence-corrected chi connectivity index (χ4v) is 13.1. The molecule has 3 nitrogen and oxygen atoms in total. The Labute approximate surface area is 428 Å². The van der Waals surface area contributed by atoms with Gasteiger partial charge in [0.15, 0.2) is 0 Å². The first-order chi connectivity index (χ1) is 36.7. The van der Waals surface area contributed by atoms with Crippen LogP contribution in [0.3, 0.4) is 0 Å². The average Bonchev–Trinajstić information content (AvgIpc) is 4.22. The molecular weight excluding hydrogens is 897 g/mol. The summed E-state index contributed by atoms with van der Waals surface area (Å²) in [5.41, 5.74) is 23.1. The zero-order valence-corrected chi connectivity index (χ0v) is 40.2. The Morgan fingerprint density at radius 3 is 1.59 bits per heavy atom. The van der Waals surface area contributed by atoms with Gasteiger partial charge in [0.25, 0.3) is 0 Å². The SMILES string of the molecule is c1cc(-c2cccc3oc4c5ccccc5ccc4c23)cc(N(c2ccc(-c3cccc(-n4c5ccccc5c5ccccc54)c3)cc2)c2ccc3c(c2)C2(c4ccccc4-c4ccccc42)c2ccccc2-3)c1. The second-order valence-electron chi connectivity index (χ2n) is 19.9. The Balaban J connectivity index is 0.881. The van der Waals surface area contributed by atoms with Crippen LogP contribution >= 0.6 is 0 Å². The monoisotopic (exact) mass is 940 g/mol. The lowest BCUT2D eigenvalue weighted by Gasteiger charge is -2.32. The van der Waals surface area contributed by atoms with Crippen molar-refractivity contribution in [1.29, 1.82) is 0 Å². The lowest BCUT2D eigenvalue weighted by atomic mass is 9.70. The van der Waals surface area contributed by atoms with Crippen molar-refractivity contribution in [3.63, 3.8) is 0 Å². The molecule has 0 bridgehead atoms. The number of aromatic nitrogens is 1. The molecule has 0 aliphatic heterocycles. The van der Waals surface area contributed by atoms with Gasteiger partial charge in [0, 0.05) is 49.7 Å². The Kier molecular flexibility index (Phi) is 8.66. The molecular formula is C71H44N2O. The zero-order chi connectivity index (χ0) is 48.5. The molecule has 0 saturated carbocycles. The topological polar surface area (TPSA) is 21.3 Å². The van der Waals surface area contributed by atoms with Crippen LogP contribution in [0.15, 0.2) is 271 Å². The molecule has 2 heterocycles. The molecule has 0 N–H and O–H groups in total. The Hall–Kier alpha value is -9.70. The quantitative estimate of drug-likeness (QED) is 0.166. The molecule has 0 amide bonds. The van der Waals surface area contributed by atoms with Crippen LogP contribution in [0, 0.1) is 0 Å². The van der Waals surface area contributed by atoms with Crippen LogP contribution < -0.4 is 4.90 Å². The van der Waals surface area contributed by atoms with Crippen LogP contribution in [-0.2, 0) is 5.41 Å². The lowest BCUT2D eigenvalue weighted by Crippen LogP contribution is -2.26. The number of para-hydroxylation sites is 2. The number of hydrogen-bond donors (Lipinski definition) is 0. The summed E-state index contributed by atoms with van der Waals surface area (Å²) in [5.74, 6) is 0. The third kappa shape index (κ3) is 5.72. The van der Waals surface area contributed by atoms with Crippen LogP contribution in [-0.4, -0.2) is 4.57 Å². The summed E-state index contributed by atoms with van der Waals surface area (Å²) in [6, 6.07) is 98.3. The van der Waals surface area contributed by atoms with Crippen molar-refractivity contribution < 1.29 is 4.42 Å². The second-order valence-corrected chi connectivity index (χ2v) is 19.9. The lowest BCUT2D eigenvalue weighted by molar-refractivity contribution is 0.673. The summed E-state index contributed by atoms with van der Waals surface area (Å²) in [5, 5.41) is 7.05. The van der Waals surface area contributed by atoms with Crippen LogP contribution in [0.5, 0.6) is 0 Å². The number of furan rings is 1. The average molecular weight is 941 g/mol. The molecule has 14 aromatic rings. The highest BCUT2D eigenvalue weighted by atomic mass is 16.3. The van der Waals surface area contributed by atoms with Gasteiger partial charge in [-0.3, -0.25) is 0 Å². The molecule has 1 spiro atoms. The normalized spacial score (nSPS) is 13.0. The molecule has 0 fully saturated rings. The number of nitrogens with zero attached hydrogens (tertiary/aromatic N) is 2. The number of hydrogen-bond acceptors (Lipinski definition) is 2. The molecule has 0 unspecified atom stereocenters. The maximum absolute atomic E-state index is 6.71. The molecule has 16 rings (SSSR count). The van der Waals surface area contributed by atoms with Crippen LogP contribution in [0.2, 0.25) is 0 Å². The minimum absolute atomic E-state index is 0.476. The van der Waals surface area contributed by atoms with E-state index in [1.54, 1.807) is 0 Å². The highest BCUT2D eigenvalue weighted by Gasteiger charge is 2.51. The minimum atomic E-state index is -0.476. The highest BCUT2D eigenvalue weighted by molar-refractivity contribution is 6.19. The molecule has 74 heavy (non-hydrogen) atoms. The third-order valence-electron chi connectivity index (χ3n) is 16.2. The van der Waals surface area contributed by atoms with E-state index in [0.717, 1.165) is 72.3 Å². The Morgan fingerprint density at radius 2 is 0.878 bits per heavy atom. The van der Waals surface area contributed by atoms with E-state index in [-0.39, 0.29) is 0 Å². The maximum Gasteiger partial charge on any atom is 0.143 e. The first kappa shape index (κ1) is 41.0. The molecule has 344 valence electrons. The van der Waals surface area contributed by atoms with Gasteiger partial charge in [-0.1, -0.05) is 194 Å². The smallest absolute Gasteiger partial charge is 0.143 e. The van der Waals surface area contributed by atoms with Gasteiger partial charge in [-0.25, -0.2) is 0 Å². The fraction of sp³-hybridized carbons (Fsp3) is 0.0141. The largest absolute Gasteiger partial charge is 0.455 e. The van der Waals surface area contributed by atoms with Gasteiger partial charge in [0.2, 0.25) is 0 Å². The van der Waals surface area contributed by atoms with E-state index in [1.807, 2.05) is 0 Å². The predicted octanol–water partition coefficient (Wildman–Crippen LogP) is 19.0. The maximum atomic E-state index is 6.71. The van der Waals surface area contributed by atoms with Crippen LogP contribution in [0.1, 0.15) is 22.3 Å². The van der Waals surface area contributed by atoms with Crippen molar-refractivity contribution in [2.45, 2.75) is 5.41 Å². The summed E-state index contributed by atoms with van der Waals surface area (Å²) >= 11 is 0. The van der Waals surface area contributed by atoms with Crippen molar-refractivity contribution in [3.05, 3.63) is 289 Å². The van der Waals surface area contributed by atoms with Crippen molar-refractivity contribution >= 4 is 71.6 Å². The summed E-state index contributed by atoms with van der Waals surface area (Å²) in [4.78, 5) is 2.45. The van der Waals surface area contributed by atoms with Crippen molar-refractivity contribution in [3.8, 4) is 50.2 Å². The van der Waals surface area contributed by atoms with Gasteiger partial charge in [0.05, 0.1) is 16.4 Å². The number of benzene rings is 12. The van der Waals surface area contributed by atoms with E-state index < -0.39 is 5.41 Å². The van der Waals surface area contributed by atoms with Crippen molar-refractivity contribution in [2.24, 2.45) is 0 Å². The second kappa shape index (κ2) is 15.6. The van der Waals surface area contributed by atoms with Gasteiger partial charge in [-0.05, 0) is 145 Å². The molecule has 2 aliphatic rings. The third-order valence-corrected chi connectivity index (χ3v) is 16.2. The van der Waals surface area contributed by atoms with Crippen molar-refractivity contribution in [2.75, 3.05) is 4.90 Å². The Bertz CT molecular complexity index is 4510. The van der Waals surface area contributed by atoms with Gasteiger partial charge in [0.1, 0.15) is 11.2 Å². The number of anilines is 3. The van der Waals surface area contributed by atoms with Gasteiger partial charge in [-0.2, -0.15) is 0 Å². The minimum Gasteiger partial charge on any atom is -0.455 e. The Morgan fingerprint density at radius 1 is 0.324 bits per heavy atom. The molecule has 2 aliphatic carbocycles. The van der Waals surface area contributed by atoms with Gasteiger partial charge >= 0.3 is 0 Å². The van der Waals surface area contributed by atoms with E-state index in [4.69, 9.17) is 4.42 Å². The van der Waals surface area contributed by atoms with E-state index in [9.17, 15) is 0 Å². The zero-order valence-electron chi connectivity index (χ0n) is 40.2. The summed E-state index contributed by atoms with van der Waals surface area (Å²) in [7, 11) is 0. The summed E-state index contributed by atoms with van der Waals surface area (Å²) < 4.78 is 9.11. The summed E-state index contributed by atoms with van der Waals surface area (Å²) in [6.07, 6.45) is 0. The predicted molar refractivity (Wildman–Crippen MR) is 307 cm³/mol. The molecule has 3 heteroatoms. The van der Waals surface area contributed by atoms with E-state index in [2.05, 4.69) is 276 Å². The van der Waals surface area contributed by atoms with Crippen LogP contribution in [0.4, 0.5) is 17.1 Å². The van der Waals surface area contributed by atoms with E-state index in [1.165, 1.54) is 71.7 Å².